The van der Waals surface area contributed by atoms with Crippen LogP contribution in [0.3, 0.4) is 0 Å². The van der Waals surface area contributed by atoms with Gasteiger partial charge >= 0.3 is 11.9 Å². The molecular formula is C19H35NO7. The molecule has 4 atom stereocenters. The number of esters is 2. The van der Waals surface area contributed by atoms with E-state index in [9.17, 15) is 19.8 Å². The van der Waals surface area contributed by atoms with E-state index in [1.165, 1.54) is 13.8 Å². The number of ether oxygens (including phenoxy) is 3. The topological polar surface area (TPSA) is 106 Å². The Hall–Kier alpha value is -1.22. The Morgan fingerprint density at radius 3 is 2.33 bits per heavy atom. The monoisotopic (exact) mass is 389 g/mol. The number of nitrogens with zero attached hydrogens (tertiary/aromatic N) is 1. The van der Waals surface area contributed by atoms with E-state index in [-0.39, 0.29) is 6.61 Å². The predicted molar refractivity (Wildman–Crippen MR) is 99.1 cm³/mol. The molecule has 0 aromatic heterocycles. The quantitative estimate of drug-likeness (QED) is 0.374. The van der Waals surface area contributed by atoms with E-state index >= 15 is 0 Å². The summed E-state index contributed by atoms with van der Waals surface area (Å²) >= 11 is 0. The molecule has 1 fully saturated rings. The molecule has 0 amide bonds. The van der Waals surface area contributed by atoms with Crippen LogP contribution in [0.25, 0.3) is 0 Å². The fourth-order valence-electron chi connectivity index (χ4n) is 3.24. The van der Waals surface area contributed by atoms with Crippen LogP contribution < -0.4 is 0 Å². The Labute approximate surface area is 161 Å². The van der Waals surface area contributed by atoms with Crippen molar-refractivity contribution in [2.75, 3.05) is 32.9 Å². The zero-order valence-corrected chi connectivity index (χ0v) is 16.8. The lowest BCUT2D eigenvalue weighted by Crippen LogP contribution is -2.63. The number of rotatable bonds is 12. The van der Waals surface area contributed by atoms with Crippen molar-refractivity contribution in [1.29, 1.82) is 0 Å². The summed E-state index contributed by atoms with van der Waals surface area (Å²) in [6, 6.07) is -0.524. The van der Waals surface area contributed by atoms with Crippen molar-refractivity contribution >= 4 is 11.9 Å². The van der Waals surface area contributed by atoms with E-state index in [4.69, 9.17) is 14.2 Å². The molecule has 0 aromatic carbocycles. The van der Waals surface area contributed by atoms with Crippen LogP contribution >= 0.6 is 0 Å². The highest BCUT2D eigenvalue weighted by Crippen LogP contribution is 2.22. The molecular weight excluding hydrogens is 354 g/mol. The van der Waals surface area contributed by atoms with Crippen LogP contribution in [-0.4, -0.2) is 84.3 Å². The summed E-state index contributed by atoms with van der Waals surface area (Å²) in [5.74, 6) is -0.942. The molecule has 1 rings (SSSR count). The van der Waals surface area contributed by atoms with Crippen LogP contribution in [-0.2, 0) is 23.8 Å². The second kappa shape index (κ2) is 13.0. The van der Waals surface area contributed by atoms with Gasteiger partial charge in [-0.1, -0.05) is 19.8 Å². The molecule has 0 spiro atoms. The van der Waals surface area contributed by atoms with Crippen molar-refractivity contribution in [2.45, 2.75) is 77.2 Å². The third-order valence-electron chi connectivity index (χ3n) is 4.62. The molecule has 1 heterocycles. The van der Waals surface area contributed by atoms with Crippen LogP contribution in [0.4, 0.5) is 0 Å². The van der Waals surface area contributed by atoms with Crippen LogP contribution in [0.1, 0.15) is 52.9 Å². The molecule has 27 heavy (non-hydrogen) atoms. The average molecular weight is 389 g/mol. The molecule has 0 aromatic rings. The van der Waals surface area contributed by atoms with Crippen molar-refractivity contribution in [2.24, 2.45) is 0 Å². The fraction of sp³-hybridized carbons (Fsp3) is 0.895. The Kier molecular flexibility index (Phi) is 11.5. The Morgan fingerprint density at radius 2 is 1.70 bits per heavy atom. The number of carbonyl (C=O) groups excluding carboxylic acids is 2. The minimum atomic E-state index is -1.21. The Balaban J connectivity index is 2.52. The Bertz CT molecular complexity index is 446. The van der Waals surface area contributed by atoms with Crippen LogP contribution in [0, 0.1) is 0 Å². The number of unbranched alkanes of at least 4 members (excludes halogenated alkanes) is 3. The molecule has 1 saturated heterocycles. The number of hydrogen-bond acceptors (Lipinski definition) is 8. The third-order valence-corrected chi connectivity index (χ3v) is 4.62. The van der Waals surface area contributed by atoms with Crippen molar-refractivity contribution in [3.8, 4) is 0 Å². The van der Waals surface area contributed by atoms with Crippen molar-refractivity contribution in [1.82, 2.24) is 4.90 Å². The lowest BCUT2D eigenvalue weighted by atomic mass is 9.93. The summed E-state index contributed by atoms with van der Waals surface area (Å²) in [7, 11) is 0. The lowest BCUT2D eigenvalue weighted by molar-refractivity contribution is -0.181. The summed E-state index contributed by atoms with van der Waals surface area (Å²) in [6.45, 7) is 7.17. The number of likely N-dealkylation sites (tertiary alicyclic amines) is 1. The van der Waals surface area contributed by atoms with Gasteiger partial charge in [-0.15, -0.1) is 0 Å². The molecule has 1 aliphatic rings. The van der Waals surface area contributed by atoms with Gasteiger partial charge in [0, 0.05) is 33.6 Å². The highest BCUT2D eigenvalue weighted by molar-refractivity contribution is 5.66. The first-order valence-corrected chi connectivity index (χ1v) is 9.85. The predicted octanol–water partition coefficient (Wildman–Crippen LogP) is 0.874. The molecule has 8 nitrogen and oxygen atoms in total. The van der Waals surface area contributed by atoms with E-state index in [0.717, 1.165) is 45.3 Å². The first kappa shape index (κ1) is 23.8. The minimum Gasteiger partial charge on any atom is -0.464 e. The molecule has 8 heteroatoms. The molecule has 158 valence electrons. The van der Waals surface area contributed by atoms with E-state index < -0.39 is 36.3 Å². The Morgan fingerprint density at radius 1 is 1.00 bits per heavy atom. The minimum absolute atomic E-state index is 0.00872. The zero-order valence-electron chi connectivity index (χ0n) is 16.8. The molecule has 0 radical (unpaired) electrons. The van der Waals surface area contributed by atoms with Crippen LogP contribution in [0.5, 0.6) is 0 Å². The maximum atomic E-state index is 11.3. The van der Waals surface area contributed by atoms with E-state index in [0.29, 0.717) is 13.1 Å². The van der Waals surface area contributed by atoms with Gasteiger partial charge in [0.25, 0.3) is 0 Å². The van der Waals surface area contributed by atoms with E-state index in [2.05, 4.69) is 6.92 Å². The van der Waals surface area contributed by atoms with Gasteiger partial charge in [-0.3, -0.25) is 14.5 Å². The SMILES string of the molecule is CCCOCCCCCCN1C[C@H](OC(C)=O)[C@@H](O)[C@H](O)[C@H]1COC(C)=O. The highest BCUT2D eigenvalue weighted by Gasteiger charge is 2.43. The van der Waals surface area contributed by atoms with Crippen LogP contribution in [0.2, 0.25) is 0 Å². The normalized spacial score (nSPS) is 26.0. The zero-order chi connectivity index (χ0) is 20.2. The van der Waals surface area contributed by atoms with Gasteiger partial charge in [0.15, 0.2) is 0 Å². The van der Waals surface area contributed by atoms with Gasteiger partial charge < -0.3 is 24.4 Å². The summed E-state index contributed by atoms with van der Waals surface area (Å²) in [4.78, 5) is 24.3. The van der Waals surface area contributed by atoms with Gasteiger partial charge in [-0.05, 0) is 25.8 Å². The van der Waals surface area contributed by atoms with Crippen LogP contribution in [0.15, 0.2) is 0 Å². The van der Waals surface area contributed by atoms with Gasteiger partial charge in [0.2, 0.25) is 0 Å². The van der Waals surface area contributed by atoms with Gasteiger partial charge in [0.1, 0.15) is 24.9 Å². The fourth-order valence-corrected chi connectivity index (χ4v) is 3.24. The van der Waals surface area contributed by atoms with Gasteiger partial charge in [-0.2, -0.15) is 0 Å². The number of piperidine rings is 1. The molecule has 0 saturated carbocycles. The summed E-state index contributed by atoms with van der Waals surface area (Å²) in [5.41, 5.74) is 0. The number of carbonyl (C=O) groups is 2. The molecule has 1 aliphatic heterocycles. The molecule has 0 aliphatic carbocycles. The second-order valence-corrected chi connectivity index (χ2v) is 7.02. The molecule has 0 unspecified atom stereocenters. The number of aliphatic hydroxyl groups excluding tert-OH is 2. The second-order valence-electron chi connectivity index (χ2n) is 7.02. The van der Waals surface area contributed by atoms with E-state index in [1.807, 2.05) is 4.90 Å². The summed E-state index contributed by atoms with van der Waals surface area (Å²) in [6.07, 6.45) is 1.80. The smallest absolute Gasteiger partial charge is 0.303 e. The summed E-state index contributed by atoms with van der Waals surface area (Å²) < 4.78 is 15.7. The maximum absolute atomic E-state index is 11.3. The standard InChI is InChI=1S/C19H35NO7/c1-4-10-25-11-8-6-5-7-9-20-12-17(27-15(3)22)19(24)18(23)16(20)13-26-14(2)21/h16-19,23-24H,4-13H2,1-3H3/t16-,17+,18-,19-/m1/s1. The third kappa shape index (κ3) is 9.01. The highest BCUT2D eigenvalue weighted by atomic mass is 16.6. The lowest BCUT2D eigenvalue weighted by Gasteiger charge is -2.44. The van der Waals surface area contributed by atoms with Crippen molar-refractivity contribution in [3.05, 3.63) is 0 Å². The van der Waals surface area contributed by atoms with Crippen molar-refractivity contribution < 1.29 is 34.0 Å². The first-order chi connectivity index (χ1) is 12.9. The first-order valence-electron chi connectivity index (χ1n) is 9.85. The number of aliphatic hydroxyl groups is 2. The molecule has 2 N–H and O–H groups in total. The maximum Gasteiger partial charge on any atom is 0.303 e. The average Bonchev–Trinajstić information content (AvgIpc) is 2.60. The number of hydrogen-bond donors (Lipinski definition) is 2. The summed E-state index contributed by atoms with van der Waals surface area (Å²) in [5, 5.41) is 20.7. The molecule has 0 bridgehead atoms. The van der Waals surface area contributed by atoms with Gasteiger partial charge in [0.05, 0.1) is 6.04 Å². The van der Waals surface area contributed by atoms with Gasteiger partial charge in [-0.25, -0.2) is 0 Å². The van der Waals surface area contributed by atoms with E-state index in [1.54, 1.807) is 0 Å². The largest absolute Gasteiger partial charge is 0.464 e. The van der Waals surface area contributed by atoms with Crippen molar-refractivity contribution in [3.63, 3.8) is 0 Å².